The van der Waals surface area contributed by atoms with Gasteiger partial charge >= 0.3 is 0 Å². The monoisotopic (exact) mass is 449 g/mol. The third-order valence-corrected chi connectivity index (χ3v) is 7.86. The quantitative estimate of drug-likeness (QED) is 0.591. The highest BCUT2D eigenvalue weighted by Crippen LogP contribution is 2.35. The molecule has 32 heavy (non-hydrogen) atoms. The SMILES string of the molecule is O=C(C1CCCC1)N1CC2CCC1CN2Cc1c(-c2ccc(Cl)cc2)nc2ncccn12. The van der Waals surface area contributed by atoms with Crippen LogP contribution < -0.4 is 0 Å². The van der Waals surface area contributed by atoms with Gasteiger partial charge in [0.2, 0.25) is 11.7 Å². The van der Waals surface area contributed by atoms with Crippen LogP contribution in [-0.2, 0) is 11.3 Å². The van der Waals surface area contributed by atoms with Gasteiger partial charge < -0.3 is 4.90 Å². The normalized spacial score (nSPS) is 24.0. The summed E-state index contributed by atoms with van der Waals surface area (Å²) in [7, 11) is 0. The highest BCUT2D eigenvalue weighted by molar-refractivity contribution is 6.30. The van der Waals surface area contributed by atoms with Gasteiger partial charge in [0.25, 0.3) is 0 Å². The van der Waals surface area contributed by atoms with Crippen LogP contribution in [0.2, 0.25) is 5.02 Å². The summed E-state index contributed by atoms with van der Waals surface area (Å²) >= 11 is 6.12. The number of rotatable bonds is 4. The lowest BCUT2D eigenvalue weighted by molar-refractivity contribution is -0.146. The first-order valence-electron chi connectivity index (χ1n) is 11.8. The Bertz CT molecular complexity index is 1140. The van der Waals surface area contributed by atoms with E-state index in [0.29, 0.717) is 23.8 Å². The van der Waals surface area contributed by atoms with Crippen molar-refractivity contribution < 1.29 is 4.79 Å². The summed E-state index contributed by atoms with van der Waals surface area (Å²) in [6, 6.07) is 10.6. The molecule has 1 aromatic carbocycles. The minimum atomic E-state index is 0.268. The molecule has 1 amide bonds. The van der Waals surface area contributed by atoms with Crippen LogP contribution in [0.3, 0.4) is 0 Å². The number of carbonyl (C=O) groups is 1. The molecule has 7 rings (SSSR count). The van der Waals surface area contributed by atoms with Gasteiger partial charge in [-0.3, -0.25) is 14.1 Å². The Morgan fingerprint density at radius 2 is 1.81 bits per heavy atom. The Labute approximate surface area is 193 Å². The minimum Gasteiger partial charge on any atom is -0.337 e. The molecule has 2 aromatic heterocycles. The fourth-order valence-corrected chi connectivity index (χ4v) is 6.03. The van der Waals surface area contributed by atoms with Crippen LogP contribution in [-0.4, -0.2) is 55.2 Å². The second-order valence-electron chi connectivity index (χ2n) is 9.49. The predicted molar refractivity (Wildman–Crippen MR) is 124 cm³/mol. The van der Waals surface area contributed by atoms with Crippen molar-refractivity contribution in [1.29, 1.82) is 0 Å². The number of piperazine rings is 1. The molecular formula is C25H28ClN5O. The van der Waals surface area contributed by atoms with Crippen molar-refractivity contribution >= 4 is 23.3 Å². The van der Waals surface area contributed by atoms with Gasteiger partial charge in [0.15, 0.2) is 0 Å². The van der Waals surface area contributed by atoms with E-state index >= 15 is 0 Å². The first-order valence-corrected chi connectivity index (χ1v) is 12.2. The predicted octanol–water partition coefficient (Wildman–Crippen LogP) is 4.42. The van der Waals surface area contributed by atoms with Gasteiger partial charge in [-0.25, -0.2) is 9.97 Å². The second-order valence-corrected chi connectivity index (χ2v) is 9.93. The number of halogens is 1. The number of fused-ring (bicyclic) bond motifs is 4. The van der Waals surface area contributed by atoms with E-state index in [4.69, 9.17) is 16.6 Å². The average molecular weight is 450 g/mol. The summed E-state index contributed by atoms with van der Waals surface area (Å²) in [4.78, 5) is 27.2. The van der Waals surface area contributed by atoms with Crippen molar-refractivity contribution in [2.24, 2.45) is 5.92 Å². The largest absolute Gasteiger partial charge is 0.337 e. The molecule has 2 atom stereocenters. The molecular weight excluding hydrogens is 422 g/mol. The van der Waals surface area contributed by atoms with E-state index < -0.39 is 0 Å². The lowest BCUT2D eigenvalue weighted by atomic mass is 9.89. The summed E-state index contributed by atoms with van der Waals surface area (Å²) in [6.45, 7) is 2.61. The van der Waals surface area contributed by atoms with E-state index in [-0.39, 0.29) is 5.92 Å². The molecule has 1 aliphatic carbocycles. The maximum Gasteiger partial charge on any atom is 0.234 e. The van der Waals surface area contributed by atoms with E-state index in [1.807, 2.05) is 36.5 Å². The highest BCUT2D eigenvalue weighted by atomic mass is 35.5. The number of hydrogen-bond acceptors (Lipinski definition) is 4. The Kier molecular flexibility index (Phi) is 5.15. The van der Waals surface area contributed by atoms with Crippen molar-refractivity contribution in [2.75, 3.05) is 13.1 Å². The zero-order valence-corrected chi connectivity index (χ0v) is 18.9. The molecule has 3 saturated heterocycles. The zero-order valence-electron chi connectivity index (χ0n) is 18.2. The Morgan fingerprint density at radius 1 is 1.03 bits per heavy atom. The summed E-state index contributed by atoms with van der Waals surface area (Å²) in [6.07, 6.45) is 10.7. The highest BCUT2D eigenvalue weighted by Gasteiger charge is 2.43. The molecule has 1 saturated carbocycles. The number of aromatic nitrogens is 3. The van der Waals surface area contributed by atoms with Gasteiger partial charge in [-0.15, -0.1) is 0 Å². The van der Waals surface area contributed by atoms with E-state index in [1.165, 1.54) is 12.8 Å². The first-order chi connectivity index (χ1) is 15.7. The molecule has 0 spiro atoms. The summed E-state index contributed by atoms with van der Waals surface area (Å²) in [5, 5.41) is 0.720. The molecule has 6 nitrogen and oxygen atoms in total. The Balaban J connectivity index is 1.28. The van der Waals surface area contributed by atoms with Gasteiger partial charge in [-0.2, -0.15) is 0 Å². The molecule has 2 bridgehead atoms. The fraction of sp³-hybridized carbons (Fsp3) is 0.480. The third-order valence-electron chi connectivity index (χ3n) is 7.60. The number of piperidine rings is 2. The summed E-state index contributed by atoms with van der Waals surface area (Å²) < 4.78 is 2.10. The van der Waals surface area contributed by atoms with Crippen molar-refractivity contribution in [3.05, 3.63) is 53.4 Å². The van der Waals surface area contributed by atoms with E-state index in [1.54, 1.807) is 6.20 Å². The Hall–Kier alpha value is -2.44. The van der Waals surface area contributed by atoms with Crippen molar-refractivity contribution in [3.63, 3.8) is 0 Å². The molecule has 4 fully saturated rings. The van der Waals surface area contributed by atoms with Crippen LogP contribution in [0.15, 0.2) is 42.7 Å². The number of amides is 1. The molecule has 166 valence electrons. The van der Waals surface area contributed by atoms with Gasteiger partial charge in [0, 0.05) is 60.6 Å². The fourth-order valence-electron chi connectivity index (χ4n) is 5.90. The van der Waals surface area contributed by atoms with Gasteiger partial charge in [0.1, 0.15) is 0 Å². The van der Waals surface area contributed by atoms with Crippen LogP contribution in [0.5, 0.6) is 0 Å². The lowest BCUT2D eigenvalue weighted by Crippen LogP contribution is -2.64. The van der Waals surface area contributed by atoms with Crippen LogP contribution in [0.1, 0.15) is 44.2 Å². The smallest absolute Gasteiger partial charge is 0.234 e. The Morgan fingerprint density at radius 3 is 2.56 bits per heavy atom. The molecule has 0 radical (unpaired) electrons. The van der Waals surface area contributed by atoms with Crippen molar-refractivity contribution in [1.82, 2.24) is 24.2 Å². The van der Waals surface area contributed by atoms with Crippen LogP contribution in [0.25, 0.3) is 17.0 Å². The molecule has 3 aliphatic heterocycles. The van der Waals surface area contributed by atoms with Crippen LogP contribution in [0, 0.1) is 5.92 Å². The van der Waals surface area contributed by atoms with Crippen molar-refractivity contribution in [2.45, 2.75) is 57.2 Å². The second kappa shape index (κ2) is 8.16. The number of imidazole rings is 1. The summed E-state index contributed by atoms with van der Waals surface area (Å²) in [5.41, 5.74) is 3.16. The molecule has 0 N–H and O–H groups in total. The maximum absolute atomic E-state index is 13.1. The number of nitrogens with zero attached hydrogens (tertiary/aromatic N) is 5. The molecule has 3 aromatic rings. The number of hydrogen-bond donors (Lipinski definition) is 0. The standard InChI is InChI=1S/C25H28ClN5O/c26-19-8-6-17(7-9-19)23-22(30-13-3-12-27-25(30)28-23)16-29-14-21-11-10-20(29)15-31(21)24(32)18-4-1-2-5-18/h3,6-9,12-13,18,20-21H,1-2,4-5,10-11,14-16H2. The number of carbonyl (C=O) groups excluding carboxylic acids is 1. The van der Waals surface area contributed by atoms with Gasteiger partial charge in [-0.1, -0.05) is 36.6 Å². The zero-order chi connectivity index (χ0) is 21.7. The lowest BCUT2D eigenvalue weighted by Gasteiger charge is -2.52. The molecule has 5 heterocycles. The maximum atomic E-state index is 13.1. The van der Waals surface area contributed by atoms with Crippen LogP contribution >= 0.6 is 11.6 Å². The summed E-state index contributed by atoms with van der Waals surface area (Å²) in [5.74, 6) is 1.40. The minimum absolute atomic E-state index is 0.268. The van der Waals surface area contributed by atoms with E-state index in [2.05, 4.69) is 19.2 Å². The van der Waals surface area contributed by atoms with Gasteiger partial charge in [-0.05, 0) is 43.9 Å². The van der Waals surface area contributed by atoms with Crippen molar-refractivity contribution in [3.8, 4) is 11.3 Å². The van der Waals surface area contributed by atoms with E-state index in [9.17, 15) is 4.79 Å². The number of benzene rings is 1. The average Bonchev–Trinajstić information content (AvgIpc) is 3.49. The molecule has 7 heteroatoms. The molecule has 2 unspecified atom stereocenters. The van der Waals surface area contributed by atoms with Crippen LogP contribution in [0.4, 0.5) is 0 Å². The first kappa shape index (κ1) is 20.2. The van der Waals surface area contributed by atoms with Gasteiger partial charge in [0.05, 0.1) is 11.4 Å². The third kappa shape index (κ3) is 3.50. The molecule has 4 aliphatic rings. The topological polar surface area (TPSA) is 53.7 Å². The van der Waals surface area contributed by atoms with E-state index in [0.717, 1.165) is 67.3 Å².